The summed E-state index contributed by atoms with van der Waals surface area (Å²) in [5.41, 5.74) is 2.01. The second-order valence-corrected chi connectivity index (χ2v) is 4.54. The number of anilines is 1. The highest BCUT2D eigenvalue weighted by Crippen LogP contribution is 2.24. The van der Waals surface area contributed by atoms with E-state index in [9.17, 15) is 19.7 Å². The van der Waals surface area contributed by atoms with Gasteiger partial charge in [-0.3, -0.25) is 25.5 Å². The minimum absolute atomic E-state index is 0.0367. The van der Waals surface area contributed by atoms with Gasteiger partial charge in [-0.1, -0.05) is 0 Å². The molecule has 0 saturated carbocycles. The van der Waals surface area contributed by atoms with Crippen LogP contribution in [-0.4, -0.2) is 29.3 Å². The molecular formula is C12H17N5O4. The van der Waals surface area contributed by atoms with Crippen molar-refractivity contribution in [1.29, 1.82) is 0 Å². The van der Waals surface area contributed by atoms with Crippen molar-refractivity contribution in [3.63, 3.8) is 0 Å². The molecule has 2 amide bonds. The molecule has 0 bridgehead atoms. The van der Waals surface area contributed by atoms with Crippen LogP contribution in [0.15, 0.2) is 18.2 Å². The van der Waals surface area contributed by atoms with Gasteiger partial charge in [-0.2, -0.15) is 0 Å². The molecule has 0 heterocycles. The van der Waals surface area contributed by atoms with Gasteiger partial charge >= 0.3 is 0 Å². The van der Waals surface area contributed by atoms with Crippen LogP contribution in [-0.2, 0) is 4.79 Å². The van der Waals surface area contributed by atoms with Crippen molar-refractivity contribution in [2.24, 2.45) is 5.84 Å². The zero-order chi connectivity index (χ0) is 16.0. The summed E-state index contributed by atoms with van der Waals surface area (Å²) in [6.07, 6.45) is 0. The third-order valence-corrected chi connectivity index (χ3v) is 2.47. The molecule has 9 nitrogen and oxygen atoms in total. The number of hydrazine groups is 1. The average molecular weight is 295 g/mol. The monoisotopic (exact) mass is 295 g/mol. The molecule has 0 spiro atoms. The van der Waals surface area contributed by atoms with Gasteiger partial charge < -0.3 is 16.1 Å². The maximum atomic E-state index is 11.8. The Balaban J connectivity index is 2.77. The molecule has 21 heavy (non-hydrogen) atoms. The van der Waals surface area contributed by atoms with Crippen LogP contribution in [0.2, 0.25) is 0 Å². The summed E-state index contributed by atoms with van der Waals surface area (Å²) in [6, 6.07) is 3.75. The third-order valence-electron chi connectivity index (χ3n) is 2.47. The lowest BCUT2D eigenvalue weighted by Gasteiger charge is -2.09. The number of rotatable bonds is 6. The molecule has 114 valence electrons. The zero-order valence-electron chi connectivity index (χ0n) is 11.7. The van der Waals surface area contributed by atoms with E-state index < -0.39 is 10.8 Å². The van der Waals surface area contributed by atoms with Crippen LogP contribution in [0.4, 0.5) is 11.4 Å². The van der Waals surface area contributed by atoms with E-state index in [0.29, 0.717) is 0 Å². The first-order valence-corrected chi connectivity index (χ1v) is 6.17. The van der Waals surface area contributed by atoms with Crippen LogP contribution in [0.1, 0.15) is 24.2 Å². The summed E-state index contributed by atoms with van der Waals surface area (Å²) in [7, 11) is 0. The van der Waals surface area contributed by atoms with Crippen LogP contribution in [0.5, 0.6) is 0 Å². The van der Waals surface area contributed by atoms with Gasteiger partial charge in [-0.05, 0) is 26.0 Å². The van der Waals surface area contributed by atoms with E-state index in [-0.39, 0.29) is 35.4 Å². The number of hydrogen-bond acceptors (Lipinski definition) is 6. The molecule has 1 aromatic carbocycles. The van der Waals surface area contributed by atoms with Gasteiger partial charge in [-0.15, -0.1) is 0 Å². The second-order valence-electron chi connectivity index (χ2n) is 4.54. The molecule has 5 N–H and O–H groups in total. The van der Waals surface area contributed by atoms with Crippen LogP contribution in [0, 0.1) is 10.1 Å². The summed E-state index contributed by atoms with van der Waals surface area (Å²) in [4.78, 5) is 33.4. The standard InChI is InChI=1S/C12H17N5O4/c1-7(2)15-11(18)6-14-12(19)8-3-4-9(16-13)10(5-8)17(20)21/h3-5,7,16H,6,13H2,1-2H3,(H,14,19)(H,15,18). The van der Waals surface area contributed by atoms with E-state index in [1.54, 1.807) is 13.8 Å². The number of carbonyl (C=O) groups excluding carboxylic acids is 2. The molecular weight excluding hydrogens is 278 g/mol. The predicted molar refractivity (Wildman–Crippen MR) is 76.5 cm³/mol. The largest absolute Gasteiger partial charge is 0.352 e. The van der Waals surface area contributed by atoms with Gasteiger partial charge in [0, 0.05) is 17.7 Å². The van der Waals surface area contributed by atoms with Crippen molar-refractivity contribution in [2.45, 2.75) is 19.9 Å². The predicted octanol–water partition coefficient (Wildman–Crippen LogP) is 0.135. The van der Waals surface area contributed by atoms with Gasteiger partial charge in [0.25, 0.3) is 11.6 Å². The van der Waals surface area contributed by atoms with E-state index in [1.807, 2.05) is 0 Å². The van der Waals surface area contributed by atoms with Crippen molar-refractivity contribution in [2.75, 3.05) is 12.0 Å². The Kier molecular flexibility index (Phi) is 5.61. The molecule has 0 aliphatic heterocycles. The lowest BCUT2D eigenvalue weighted by atomic mass is 10.1. The zero-order valence-corrected chi connectivity index (χ0v) is 11.7. The Labute approximate surface area is 121 Å². The first-order valence-electron chi connectivity index (χ1n) is 6.17. The van der Waals surface area contributed by atoms with Gasteiger partial charge in [0.05, 0.1) is 11.5 Å². The molecule has 0 atom stereocenters. The Bertz CT molecular complexity index is 559. The maximum absolute atomic E-state index is 11.8. The molecule has 0 radical (unpaired) electrons. The lowest BCUT2D eigenvalue weighted by Crippen LogP contribution is -2.39. The molecule has 0 aliphatic carbocycles. The number of nitrogen functional groups attached to an aromatic ring is 1. The highest BCUT2D eigenvalue weighted by molar-refractivity contribution is 5.97. The highest BCUT2D eigenvalue weighted by atomic mass is 16.6. The maximum Gasteiger partial charge on any atom is 0.294 e. The number of nitro groups is 1. The van der Waals surface area contributed by atoms with E-state index in [2.05, 4.69) is 16.1 Å². The number of nitrogens with two attached hydrogens (primary N) is 1. The van der Waals surface area contributed by atoms with Gasteiger partial charge in [0.2, 0.25) is 5.91 Å². The summed E-state index contributed by atoms with van der Waals surface area (Å²) >= 11 is 0. The van der Waals surface area contributed by atoms with Crippen LogP contribution < -0.4 is 21.9 Å². The SMILES string of the molecule is CC(C)NC(=O)CNC(=O)c1ccc(NN)c([N+](=O)[O-])c1. The molecule has 0 aliphatic rings. The summed E-state index contributed by atoms with van der Waals surface area (Å²) in [6.45, 7) is 3.38. The average Bonchev–Trinajstić information content (AvgIpc) is 2.43. The molecule has 1 rings (SSSR count). The smallest absolute Gasteiger partial charge is 0.294 e. The van der Waals surface area contributed by atoms with E-state index in [4.69, 9.17) is 5.84 Å². The Morgan fingerprint density at radius 3 is 2.57 bits per heavy atom. The van der Waals surface area contributed by atoms with Crippen molar-refractivity contribution in [3.05, 3.63) is 33.9 Å². The molecule has 0 fully saturated rings. The van der Waals surface area contributed by atoms with Crippen molar-refractivity contribution in [3.8, 4) is 0 Å². The van der Waals surface area contributed by atoms with Gasteiger partial charge in [0.15, 0.2) is 0 Å². The minimum atomic E-state index is -0.655. The van der Waals surface area contributed by atoms with Gasteiger partial charge in [-0.25, -0.2) is 0 Å². The number of benzene rings is 1. The number of amides is 2. The summed E-state index contributed by atoms with van der Waals surface area (Å²) in [5, 5.41) is 15.8. The van der Waals surface area contributed by atoms with Crippen LogP contribution >= 0.6 is 0 Å². The first-order chi connectivity index (χ1) is 9.85. The number of hydrogen-bond donors (Lipinski definition) is 4. The fourth-order valence-electron chi connectivity index (χ4n) is 1.58. The van der Waals surface area contributed by atoms with Crippen molar-refractivity contribution >= 4 is 23.2 Å². The molecule has 9 heteroatoms. The number of nitro benzene ring substituents is 1. The fraction of sp³-hybridized carbons (Fsp3) is 0.333. The summed E-state index contributed by atoms with van der Waals surface area (Å²) in [5.74, 6) is 4.23. The van der Waals surface area contributed by atoms with E-state index >= 15 is 0 Å². The topological polar surface area (TPSA) is 139 Å². The minimum Gasteiger partial charge on any atom is -0.352 e. The molecule has 1 aromatic rings. The summed E-state index contributed by atoms with van der Waals surface area (Å²) < 4.78 is 0. The van der Waals surface area contributed by atoms with Gasteiger partial charge in [0.1, 0.15) is 5.69 Å². The molecule has 0 unspecified atom stereocenters. The fourth-order valence-corrected chi connectivity index (χ4v) is 1.58. The quantitative estimate of drug-likeness (QED) is 0.334. The lowest BCUT2D eigenvalue weighted by molar-refractivity contribution is -0.384. The molecule has 0 aromatic heterocycles. The Morgan fingerprint density at radius 2 is 2.05 bits per heavy atom. The van der Waals surface area contributed by atoms with Crippen molar-refractivity contribution in [1.82, 2.24) is 10.6 Å². The third kappa shape index (κ3) is 4.73. The van der Waals surface area contributed by atoms with Crippen LogP contribution in [0.3, 0.4) is 0 Å². The number of carbonyl (C=O) groups is 2. The second kappa shape index (κ2) is 7.20. The number of nitrogens with zero attached hydrogens (tertiary/aromatic N) is 1. The van der Waals surface area contributed by atoms with E-state index in [0.717, 1.165) is 6.07 Å². The normalized spacial score (nSPS) is 10.1. The van der Waals surface area contributed by atoms with Crippen molar-refractivity contribution < 1.29 is 14.5 Å². The Morgan fingerprint density at radius 1 is 1.38 bits per heavy atom. The van der Waals surface area contributed by atoms with Crippen LogP contribution in [0.25, 0.3) is 0 Å². The number of nitrogens with one attached hydrogen (secondary N) is 3. The first kappa shape index (κ1) is 16.4. The Hall–Kier alpha value is -2.68. The van der Waals surface area contributed by atoms with E-state index in [1.165, 1.54) is 12.1 Å². The molecule has 0 saturated heterocycles. The highest BCUT2D eigenvalue weighted by Gasteiger charge is 2.17.